The molecule has 1 aromatic carbocycles. The van der Waals surface area contributed by atoms with Crippen molar-refractivity contribution in [3.05, 3.63) is 33.6 Å². The Hall–Kier alpha value is -3.40. The van der Waals surface area contributed by atoms with Crippen LogP contribution in [0, 0.1) is 23.2 Å². The number of carbonyl (C=O) groups is 2. The fraction of sp³-hybridized carbons (Fsp3) is 0.300. The zero-order chi connectivity index (χ0) is 21.1. The molecule has 2 atom stereocenters. The zero-order valence-corrected chi connectivity index (χ0v) is 16.6. The van der Waals surface area contributed by atoms with E-state index in [2.05, 4.69) is 22.9 Å². The number of nitriles is 1. The van der Waals surface area contributed by atoms with Gasteiger partial charge in [-0.15, -0.1) is 11.3 Å². The van der Waals surface area contributed by atoms with Crippen molar-refractivity contribution in [2.24, 2.45) is 5.73 Å². The maximum atomic E-state index is 11.9. The van der Waals surface area contributed by atoms with Crippen LogP contribution in [0.4, 0.5) is 0 Å². The molecule has 0 spiro atoms. The van der Waals surface area contributed by atoms with Crippen molar-refractivity contribution >= 4 is 23.2 Å². The van der Waals surface area contributed by atoms with Crippen molar-refractivity contribution in [3.8, 4) is 34.9 Å². The maximum Gasteiger partial charge on any atom is 0.277 e. The normalized spacial score (nSPS) is 15.3. The highest BCUT2D eigenvalue weighted by molar-refractivity contribution is 7.14. The number of rotatable bonds is 3. The second-order valence-electron chi connectivity index (χ2n) is 6.32. The second kappa shape index (κ2) is 8.31. The number of likely N-dealkylation sites (N-methyl/N-ethyl adjacent to an activating group) is 1. The van der Waals surface area contributed by atoms with Crippen LogP contribution in [0.3, 0.4) is 0 Å². The molecular formula is C20H18N4O4S. The van der Waals surface area contributed by atoms with Crippen LogP contribution < -0.4 is 10.5 Å². The number of thiazole rings is 1. The number of amides is 2. The van der Waals surface area contributed by atoms with E-state index in [-0.39, 0.29) is 11.6 Å². The Bertz CT molecular complexity index is 1080. The van der Waals surface area contributed by atoms with Gasteiger partial charge in [0.25, 0.3) is 11.8 Å². The van der Waals surface area contributed by atoms with Gasteiger partial charge in [0.1, 0.15) is 18.3 Å². The van der Waals surface area contributed by atoms with Crippen LogP contribution in [-0.4, -0.2) is 53.1 Å². The predicted molar refractivity (Wildman–Crippen MR) is 106 cm³/mol. The van der Waals surface area contributed by atoms with E-state index in [1.807, 2.05) is 0 Å². The topological polar surface area (TPSA) is 130 Å². The molecule has 2 amide bonds. The number of benzene rings is 1. The Morgan fingerprint density at radius 3 is 2.93 bits per heavy atom. The van der Waals surface area contributed by atoms with Crippen LogP contribution in [0.1, 0.15) is 33.1 Å². The van der Waals surface area contributed by atoms with Crippen molar-refractivity contribution < 1.29 is 19.4 Å². The second-order valence-corrected chi connectivity index (χ2v) is 7.35. The maximum absolute atomic E-state index is 11.9. The molecule has 0 radical (unpaired) electrons. The van der Waals surface area contributed by atoms with E-state index in [4.69, 9.17) is 10.5 Å². The number of hydrogen-bond acceptors (Lipinski definition) is 7. The van der Waals surface area contributed by atoms with Crippen LogP contribution in [0.5, 0.6) is 5.75 Å². The summed E-state index contributed by atoms with van der Waals surface area (Å²) < 4.78 is 5.73. The van der Waals surface area contributed by atoms with Crippen molar-refractivity contribution in [1.82, 2.24) is 9.88 Å². The van der Waals surface area contributed by atoms with Crippen LogP contribution >= 0.6 is 11.3 Å². The summed E-state index contributed by atoms with van der Waals surface area (Å²) in [6.45, 7) is 2.38. The molecule has 0 bridgehead atoms. The molecule has 1 aliphatic rings. The first-order valence-corrected chi connectivity index (χ1v) is 9.59. The van der Waals surface area contributed by atoms with Gasteiger partial charge >= 0.3 is 0 Å². The van der Waals surface area contributed by atoms with Gasteiger partial charge in [-0.1, -0.05) is 11.8 Å². The van der Waals surface area contributed by atoms with E-state index in [1.54, 1.807) is 32.2 Å². The van der Waals surface area contributed by atoms with Crippen molar-refractivity contribution in [2.75, 3.05) is 20.2 Å². The van der Waals surface area contributed by atoms with Gasteiger partial charge in [0.15, 0.2) is 11.1 Å². The Balaban J connectivity index is 2.02. The van der Waals surface area contributed by atoms with E-state index in [0.29, 0.717) is 34.0 Å². The monoisotopic (exact) mass is 410 g/mol. The minimum absolute atomic E-state index is 0.114. The van der Waals surface area contributed by atoms with Gasteiger partial charge in [-0.25, -0.2) is 4.98 Å². The number of fused-ring (bicyclic) bond motifs is 3. The molecule has 148 valence electrons. The Morgan fingerprint density at radius 2 is 2.28 bits per heavy atom. The summed E-state index contributed by atoms with van der Waals surface area (Å²) in [6.07, 6.45) is -1.44. The van der Waals surface area contributed by atoms with E-state index in [0.717, 1.165) is 11.3 Å². The van der Waals surface area contributed by atoms with Gasteiger partial charge in [-0.05, 0) is 25.1 Å². The predicted octanol–water partition coefficient (Wildman–Crippen LogP) is 1.10. The molecule has 2 unspecified atom stereocenters. The van der Waals surface area contributed by atoms with Gasteiger partial charge in [0.2, 0.25) is 0 Å². The molecule has 1 aliphatic heterocycles. The van der Waals surface area contributed by atoms with Gasteiger partial charge < -0.3 is 20.5 Å². The molecule has 3 rings (SSSR count). The molecule has 0 aliphatic carbocycles. The first kappa shape index (κ1) is 20.3. The first-order valence-electron chi connectivity index (χ1n) is 8.77. The number of aliphatic hydroxyl groups is 1. The third kappa shape index (κ3) is 4.06. The van der Waals surface area contributed by atoms with Gasteiger partial charge in [-0.2, -0.15) is 5.26 Å². The summed E-state index contributed by atoms with van der Waals surface area (Å²) in [5, 5.41) is 19.5. The van der Waals surface area contributed by atoms with E-state index >= 15 is 0 Å². The van der Waals surface area contributed by atoms with Gasteiger partial charge in [0.05, 0.1) is 16.6 Å². The summed E-state index contributed by atoms with van der Waals surface area (Å²) in [6, 6.07) is 7.21. The van der Waals surface area contributed by atoms with E-state index in [1.165, 1.54) is 4.90 Å². The lowest BCUT2D eigenvalue weighted by Crippen LogP contribution is -2.35. The summed E-state index contributed by atoms with van der Waals surface area (Å²) >= 11 is 1.07. The average Bonchev–Trinajstić information content (AvgIpc) is 3.11. The smallest absolute Gasteiger partial charge is 0.277 e. The number of carbonyl (C=O) groups excluding carboxylic acids is 2. The summed E-state index contributed by atoms with van der Waals surface area (Å²) in [5.41, 5.74) is 6.90. The van der Waals surface area contributed by atoms with Crippen molar-refractivity contribution in [3.63, 3.8) is 0 Å². The number of ether oxygens (including phenoxy) is 1. The number of nitrogens with zero attached hydrogens (tertiary/aromatic N) is 3. The van der Waals surface area contributed by atoms with Crippen LogP contribution in [0.2, 0.25) is 0 Å². The number of aromatic nitrogens is 1. The molecule has 3 N–H and O–H groups in total. The fourth-order valence-corrected chi connectivity index (χ4v) is 3.67. The Kier molecular flexibility index (Phi) is 5.83. The molecule has 0 fully saturated rings. The molecule has 8 nitrogen and oxygen atoms in total. The zero-order valence-electron chi connectivity index (χ0n) is 15.8. The number of hydrogen-bond donors (Lipinski definition) is 2. The lowest BCUT2D eigenvalue weighted by Gasteiger charge is -2.15. The summed E-state index contributed by atoms with van der Waals surface area (Å²) in [7, 11) is 1.58. The first-order chi connectivity index (χ1) is 13.8. The molecule has 29 heavy (non-hydrogen) atoms. The number of aliphatic hydroxyl groups excluding tert-OH is 1. The van der Waals surface area contributed by atoms with Gasteiger partial charge in [-0.3, -0.25) is 9.59 Å². The highest BCUT2D eigenvalue weighted by Crippen LogP contribution is 2.41. The minimum atomic E-state index is -1.44. The third-order valence-corrected chi connectivity index (χ3v) is 5.60. The summed E-state index contributed by atoms with van der Waals surface area (Å²) in [4.78, 5) is 29.8. The number of nitrogens with two attached hydrogens (primary N) is 1. The fourth-order valence-electron chi connectivity index (χ4n) is 2.71. The number of primary amides is 1. The van der Waals surface area contributed by atoms with Crippen LogP contribution in [-0.2, 0) is 4.79 Å². The quantitative estimate of drug-likeness (QED) is 0.729. The lowest BCUT2D eigenvalue weighted by atomic mass is 10.0. The molecular weight excluding hydrogens is 392 g/mol. The molecule has 0 saturated heterocycles. The van der Waals surface area contributed by atoms with Crippen molar-refractivity contribution in [1.29, 1.82) is 5.26 Å². The minimum Gasteiger partial charge on any atom is -0.491 e. The third-order valence-electron chi connectivity index (χ3n) is 4.41. The average molecular weight is 410 g/mol. The lowest BCUT2D eigenvalue weighted by molar-refractivity contribution is -0.135. The largest absolute Gasteiger partial charge is 0.491 e. The molecule has 0 saturated carbocycles. The van der Waals surface area contributed by atoms with Gasteiger partial charge in [0, 0.05) is 24.7 Å². The van der Waals surface area contributed by atoms with E-state index in [9.17, 15) is 20.0 Å². The molecule has 2 heterocycles. The molecule has 9 heteroatoms. The highest BCUT2D eigenvalue weighted by Gasteiger charge is 2.29. The molecule has 2 aromatic rings. The Morgan fingerprint density at radius 1 is 1.52 bits per heavy atom. The van der Waals surface area contributed by atoms with Crippen molar-refractivity contribution in [2.45, 2.75) is 18.9 Å². The van der Waals surface area contributed by atoms with Crippen LogP contribution in [0.25, 0.3) is 11.3 Å². The Labute approximate surface area is 171 Å². The molecule has 1 aromatic heterocycles. The standard InChI is InChI=1S/C20H18N4O4S/c1-3-24(2)20(27)14(25)6-4-11-5-7-15-13(8-11)16-17(12(9-21)10-28-15)29-19(23-16)18(22)26/h5,7-8,12,14,25H,3,10H2,1-2H3,(H2,22,26). The SMILES string of the molecule is CCN(C)C(=O)C(O)C#Cc1ccc2c(c1)-c1nc(C(N)=O)sc1C(C#N)CO2. The highest BCUT2D eigenvalue weighted by atomic mass is 32.1. The van der Waals surface area contributed by atoms with E-state index < -0.39 is 23.8 Å². The summed E-state index contributed by atoms with van der Waals surface area (Å²) in [5.74, 6) is 4.08. The van der Waals surface area contributed by atoms with Crippen LogP contribution in [0.15, 0.2) is 18.2 Å².